The van der Waals surface area contributed by atoms with Gasteiger partial charge in [-0.3, -0.25) is 9.78 Å². The molecule has 3 unspecified atom stereocenters. The summed E-state index contributed by atoms with van der Waals surface area (Å²) in [6, 6.07) is 23.3. The molecule has 6 rings (SSSR count). The lowest BCUT2D eigenvalue weighted by atomic mass is 9.59. The first kappa shape index (κ1) is 31.3. The van der Waals surface area contributed by atoms with Crippen molar-refractivity contribution in [2.75, 3.05) is 37.6 Å². The van der Waals surface area contributed by atoms with Gasteiger partial charge in [-0.15, -0.1) is 0 Å². The molecule has 3 heterocycles. The van der Waals surface area contributed by atoms with Crippen molar-refractivity contribution in [1.29, 1.82) is 5.26 Å². The van der Waals surface area contributed by atoms with Crippen LogP contribution in [-0.2, 0) is 24.8 Å². The molecular formula is C36H42N4O4S. The first-order chi connectivity index (χ1) is 21.8. The maximum absolute atomic E-state index is 12.9. The number of ether oxygens (including phenoxy) is 1. The molecule has 2 aliphatic heterocycles. The van der Waals surface area contributed by atoms with Crippen LogP contribution in [0.3, 0.4) is 0 Å². The van der Waals surface area contributed by atoms with E-state index in [2.05, 4.69) is 33.0 Å². The first-order valence-corrected chi connectivity index (χ1v) is 17.7. The number of sulfone groups is 1. The van der Waals surface area contributed by atoms with E-state index in [0.717, 1.165) is 76.1 Å². The van der Waals surface area contributed by atoms with E-state index in [-0.39, 0.29) is 33.7 Å². The van der Waals surface area contributed by atoms with E-state index in [9.17, 15) is 18.5 Å². The Labute approximate surface area is 266 Å². The molecule has 0 amide bonds. The quantitative estimate of drug-likeness (QED) is 0.266. The van der Waals surface area contributed by atoms with Gasteiger partial charge < -0.3 is 14.5 Å². The zero-order valence-electron chi connectivity index (χ0n) is 25.9. The van der Waals surface area contributed by atoms with E-state index in [1.807, 2.05) is 37.3 Å². The Hall–Kier alpha value is -3.74. The molecule has 1 saturated carbocycles. The number of carbonyl (C=O) groups excluding carboxylic acids is 1. The fourth-order valence-corrected chi connectivity index (χ4v) is 9.11. The number of piperidine rings is 1. The lowest BCUT2D eigenvalue weighted by Crippen LogP contribution is -2.54. The van der Waals surface area contributed by atoms with Gasteiger partial charge >= 0.3 is 5.97 Å². The third-order valence-electron chi connectivity index (χ3n) is 10.2. The van der Waals surface area contributed by atoms with E-state index in [0.29, 0.717) is 12.3 Å². The Balaban J connectivity index is 1.07. The number of nitrogens with zero attached hydrogens (tertiary/aromatic N) is 4. The zero-order valence-corrected chi connectivity index (χ0v) is 26.7. The molecule has 0 radical (unpaired) electrons. The molecule has 2 aromatic carbocycles. The summed E-state index contributed by atoms with van der Waals surface area (Å²) in [5.74, 6) is 0.571. The molecule has 3 atom stereocenters. The topological polar surface area (TPSA) is 104 Å². The standard InChI is InChI=1S/C36H42N4O4S/c1-2-35(41)44-34-10-6-9-33(34)36(26-37,28-7-4-3-5-8-28)29-17-21-39(22-18-29)23-27-24-40(25-27)30-11-13-31(14-12-30)45(42,43)32-15-19-38-20-16-32/h3-5,7-8,11-16,19-20,27,29,33-34H,2,6,9-10,17-18,21-25H2,1H3. The second-order valence-corrected chi connectivity index (χ2v) is 14.7. The molecule has 8 nitrogen and oxygen atoms in total. The zero-order chi connectivity index (χ0) is 31.4. The normalized spacial score (nSPS) is 22.7. The van der Waals surface area contributed by atoms with E-state index in [4.69, 9.17) is 4.74 Å². The Kier molecular flexibility index (Phi) is 9.25. The van der Waals surface area contributed by atoms with Crippen molar-refractivity contribution >= 4 is 21.5 Å². The van der Waals surface area contributed by atoms with Crippen LogP contribution in [0.5, 0.6) is 0 Å². The van der Waals surface area contributed by atoms with Gasteiger partial charge in [0.15, 0.2) is 0 Å². The van der Waals surface area contributed by atoms with E-state index >= 15 is 0 Å². The number of carbonyl (C=O) groups is 1. The highest BCUT2D eigenvalue weighted by molar-refractivity contribution is 7.91. The number of aromatic nitrogens is 1. The maximum atomic E-state index is 12.9. The SMILES string of the molecule is CCC(=O)OC1CCCC1C(C#N)(c1ccccc1)C1CCN(CC2CN(c3ccc(S(=O)(=O)c4ccncc4)cc3)C2)CC1. The number of benzene rings is 2. The molecule has 1 aromatic heterocycles. The summed E-state index contributed by atoms with van der Waals surface area (Å²) in [7, 11) is -3.56. The fourth-order valence-electron chi connectivity index (χ4n) is 7.87. The van der Waals surface area contributed by atoms with Crippen LogP contribution < -0.4 is 4.90 Å². The van der Waals surface area contributed by atoms with Crippen molar-refractivity contribution in [3.8, 4) is 6.07 Å². The highest BCUT2D eigenvalue weighted by atomic mass is 32.2. The summed E-state index contributed by atoms with van der Waals surface area (Å²) in [5.41, 5.74) is 1.42. The molecule has 3 fully saturated rings. The van der Waals surface area contributed by atoms with Gasteiger partial charge in [-0.25, -0.2) is 8.42 Å². The van der Waals surface area contributed by atoms with Crippen LogP contribution in [-0.4, -0.2) is 63.1 Å². The number of nitriles is 1. The maximum Gasteiger partial charge on any atom is 0.305 e. The largest absolute Gasteiger partial charge is 0.462 e. The smallest absolute Gasteiger partial charge is 0.305 e. The summed E-state index contributed by atoms with van der Waals surface area (Å²) in [6.45, 7) is 6.62. The highest BCUT2D eigenvalue weighted by Gasteiger charge is 2.53. The predicted octanol–water partition coefficient (Wildman–Crippen LogP) is 5.65. The number of pyridine rings is 1. The molecule has 2 saturated heterocycles. The fraction of sp³-hybridized carbons (Fsp3) is 0.472. The summed E-state index contributed by atoms with van der Waals surface area (Å²) >= 11 is 0. The number of likely N-dealkylation sites (tertiary alicyclic amines) is 1. The third kappa shape index (κ3) is 6.23. The van der Waals surface area contributed by atoms with Gasteiger partial charge in [0.1, 0.15) is 6.10 Å². The average molecular weight is 627 g/mol. The van der Waals surface area contributed by atoms with Gasteiger partial charge in [0, 0.05) is 56.0 Å². The Morgan fingerprint density at radius 3 is 2.27 bits per heavy atom. The molecule has 0 bridgehead atoms. The van der Waals surface area contributed by atoms with Crippen LogP contribution in [0.25, 0.3) is 0 Å². The minimum Gasteiger partial charge on any atom is -0.462 e. The van der Waals surface area contributed by atoms with Gasteiger partial charge in [-0.1, -0.05) is 37.3 Å². The van der Waals surface area contributed by atoms with Gasteiger partial charge in [-0.05, 0) is 93.1 Å². The van der Waals surface area contributed by atoms with Gasteiger partial charge in [-0.2, -0.15) is 5.26 Å². The average Bonchev–Trinajstić information content (AvgIpc) is 3.53. The first-order valence-electron chi connectivity index (χ1n) is 16.2. The third-order valence-corrected chi connectivity index (χ3v) is 12.0. The Morgan fingerprint density at radius 2 is 1.62 bits per heavy atom. The monoisotopic (exact) mass is 626 g/mol. The lowest BCUT2D eigenvalue weighted by Gasteiger charge is -2.48. The number of hydrogen-bond donors (Lipinski definition) is 0. The van der Waals surface area contributed by atoms with Crippen molar-refractivity contribution in [2.24, 2.45) is 17.8 Å². The molecule has 45 heavy (non-hydrogen) atoms. The highest BCUT2D eigenvalue weighted by Crippen LogP contribution is 2.51. The second-order valence-electron chi connectivity index (χ2n) is 12.8. The minimum absolute atomic E-state index is 0.00298. The lowest BCUT2D eigenvalue weighted by molar-refractivity contribution is -0.151. The number of hydrogen-bond acceptors (Lipinski definition) is 8. The van der Waals surface area contributed by atoms with Crippen LogP contribution >= 0.6 is 0 Å². The van der Waals surface area contributed by atoms with Crippen molar-refractivity contribution in [3.05, 3.63) is 84.7 Å². The molecule has 0 spiro atoms. The molecular weight excluding hydrogens is 584 g/mol. The van der Waals surface area contributed by atoms with E-state index in [1.54, 1.807) is 12.1 Å². The molecule has 3 aromatic rings. The van der Waals surface area contributed by atoms with Crippen LogP contribution in [0.4, 0.5) is 5.69 Å². The van der Waals surface area contributed by atoms with Crippen LogP contribution in [0.1, 0.15) is 51.0 Å². The molecule has 9 heteroatoms. The van der Waals surface area contributed by atoms with Crippen molar-refractivity contribution in [2.45, 2.75) is 66.8 Å². The Morgan fingerprint density at radius 1 is 0.956 bits per heavy atom. The number of anilines is 1. The summed E-state index contributed by atoms with van der Waals surface area (Å²) < 4.78 is 31.8. The summed E-state index contributed by atoms with van der Waals surface area (Å²) in [5, 5.41) is 10.9. The molecule has 236 valence electrons. The molecule has 3 aliphatic rings. The van der Waals surface area contributed by atoms with E-state index < -0.39 is 15.3 Å². The summed E-state index contributed by atoms with van der Waals surface area (Å²) in [4.78, 5) is 21.6. The van der Waals surface area contributed by atoms with Crippen molar-refractivity contribution in [3.63, 3.8) is 0 Å². The van der Waals surface area contributed by atoms with Gasteiger partial charge in [0.2, 0.25) is 9.84 Å². The number of esters is 1. The van der Waals surface area contributed by atoms with Crippen LogP contribution in [0.15, 0.2) is 88.9 Å². The Bertz CT molecular complexity index is 1600. The van der Waals surface area contributed by atoms with Crippen LogP contribution in [0, 0.1) is 29.1 Å². The second kappa shape index (κ2) is 13.3. The van der Waals surface area contributed by atoms with Crippen LogP contribution in [0.2, 0.25) is 0 Å². The molecule has 0 N–H and O–H groups in total. The van der Waals surface area contributed by atoms with Gasteiger partial charge in [0.05, 0.1) is 21.3 Å². The minimum atomic E-state index is -3.56. The predicted molar refractivity (Wildman–Crippen MR) is 172 cm³/mol. The van der Waals surface area contributed by atoms with Crippen molar-refractivity contribution in [1.82, 2.24) is 9.88 Å². The molecule has 1 aliphatic carbocycles. The number of rotatable bonds is 10. The van der Waals surface area contributed by atoms with Gasteiger partial charge in [0.25, 0.3) is 0 Å². The van der Waals surface area contributed by atoms with E-state index in [1.165, 1.54) is 24.5 Å². The van der Waals surface area contributed by atoms with Crippen molar-refractivity contribution < 1.29 is 17.9 Å². The summed E-state index contributed by atoms with van der Waals surface area (Å²) in [6.07, 6.45) is 7.71.